The molecule has 2 heterocycles. The number of alkyl halides is 3. The highest BCUT2D eigenvalue weighted by molar-refractivity contribution is 6.32. The van der Waals surface area contributed by atoms with Gasteiger partial charge in [-0.2, -0.15) is 13.2 Å². The third-order valence-corrected chi connectivity index (χ3v) is 7.82. The average molecular weight is 541 g/mol. The Labute approximate surface area is 219 Å². The molecular weight excluding hydrogens is 509 g/mol. The standard InChI is InChI=1S/C26H32ClF3N4O3/c1-33(2)23(35)19-8-9-21(32-22(19)27)34-12-10-16(11-13-34)20-14-17(20)15-31-24(36)25(37,26(28,29)30)18-6-4-3-5-7-18/h3-9,16-17,20,24,31,36-37H,10-15H2,1-2H3/t17-,20+,24?,25?/m0/s1. The Kier molecular flexibility index (Phi) is 8.04. The summed E-state index contributed by atoms with van der Waals surface area (Å²) in [7, 11) is 3.30. The summed E-state index contributed by atoms with van der Waals surface area (Å²) in [6.45, 7) is 1.71. The largest absolute Gasteiger partial charge is 0.425 e. The number of aromatic nitrogens is 1. The normalized spacial score (nSPS) is 22.9. The van der Waals surface area contributed by atoms with Crippen molar-refractivity contribution in [2.75, 3.05) is 38.6 Å². The number of carbonyl (C=O) groups is 1. The summed E-state index contributed by atoms with van der Waals surface area (Å²) in [4.78, 5) is 20.1. The first-order valence-corrected chi connectivity index (χ1v) is 12.7. The van der Waals surface area contributed by atoms with Gasteiger partial charge in [-0.25, -0.2) is 4.98 Å². The lowest BCUT2D eigenvalue weighted by molar-refractivity contribution is -0.302. The van der Waals surface area contributed by atoms with E-state index < -0.39 is 23.6 Å². The number of aliphatic hydroxyl groups excluding tert-OH is 1. The molecule has 0 radical (unpaired) electrons. The van der Waals surface area contributed by atoms with Crippen molar-refractivity contribution in [2.45, 2.75) is 37.3 Å². The maximum atomic E-state index is 13.8. The molecule has 202 valence electrons. The molecule has 1 aromatic carbocycles. The fourth-order valence-electron chi connectivity index (χ4n) is 5.22. The van der Waals surface area contributed by atoms with Crippen molar-refractivity contribution in [3.8, 4) is 0 Å². The highest BCUT2D eigenvalue weighted by Crippen LogP contribution is 2.48. The van der Waals surface area contributed by atoms with E-state index in [1.165, 1.54) is 17.0 Å². The number of anilines is 1. The molecule has 2 aliphatic rings. The fraction of sp³-hybridized carbons (Fsp3) is 0.538. The summed E-state index contributed by atoms with van der Waals surface area (Å²) in [6, 6.07) is 10.1. The van der Waals surface area contributed by atoms with Gasteiger partial charge in [0.15, 0.2) is 0 Å². The van der Waals surface area contributed by atoms with E-state index in [0.29, 0.717) is 23.2 Å². The SMILES string of the molecule is CN(C)C(=O)c1ccc(N2CCC([C@H]3C[C@H]3CNC(O)C(O)(c3ccccc3)C(F)(F)F)CC2)nc1Cl. The maximum Gasteiger partial charge on any atom is 0.425 e. The van der Waals surface area contributed by atoms with Crippen LogP contribution in [0.5, 0.6) is 0 Å². The van der Waals surface area contributed by atoms with Crippen molar-refractivity contribution in [3.63, 3.8) is 0 Å². The van der Waals surface area contributed by atoms with Gasteiger partial charge in [-0.05, 0) is 54.7 Å². The minimum absolute atomic E-state index is 0.142. The third kappa shape index (κ3) is 5.72. The van der Waals surface area contributed by atoms with Gasteiger partial charge in [0.2, 0.25) is 5.60 Å². The van der Waals surface area contributed by atoms with Gasteiger partial charge in [0.25, 0.3) is 5.91 Å². The van der Waals surface area contributed by atoms with Gasteiger partial charge < -0.3 is 20.0 Å². The van der Waals surface area contributed by atoms with Crippen LogP contribution < -0.4 is 10.2 Å². The first-order valence-electron chi connectivity index (χ1n) is 12.3. The molecule has 1 aliphatic heterocycles. The van der Waals surface area contributed by atoms with Crippen molar-refractivity contribution < 1.29 is 28.2 Å². The molecule has 4 rings (SSSR count). The predicted octanol–water partition coefficient (Wildman–Crippen LogP) is 3.65. The lowest BCUT2D eigenvalue weighted by atomic mass is 9.90. The van der Waals surface area contributed by atoms with Crippen LogP contribution in [0.4, 0.5) is 19.0 Å². The average Bonchev–Trinajstić information content (AvgIpc) is 3.66. The van der Waals surface area contributed by atoms with E-state index in [2.05, 4.69) is 15.2 Å². The van der Waals surface area contributed by atoms with Crippen molar-refractivity contribution in [3.05, 3.63) is 58.7 Å². The van der Waals surface area contributed by atoms with Crippen molar-refractivity contribution in [2.24, 2.45) is 17.8 Å². The fourth-order valence-corrected chi connectivity index (χ4v) is 5.45. The van der Waals surface area contributed by atoms with E-state index in [-0.39, 0.29) is 23.5 Å². The third-order valence-electron chi connectivity index (χ3n) is 7.53. The molecule has 4 atom stereocenters. The minimum Gasteiger partial charge on any atom is -0.375 e. The second kappa shape index (κ2) is 10.8. The number of carbonyl (C=O) groups excluding carboxylic acids is 1. The van der Waals surface area contributed by atoms with E-state index in [4.69, 9.17) is 11.6 Å². The molecule has 0 bridgehead atoms. The summed E-state index contributed by atoms with van der Waals surface area (Å²) >= 11 is 6.25. The first-order chi connectivity index (χ1) is 17.4. The first kappa shape index (κ1) is 27.6. The van der Waals surface area contributed by atoms with Crippen molar-refractivity contribution in [1.82, 2.24) is 15.2 Å². The summed E-state index contributed by atoms with van der Waals surface area (Å²) < 4.78 is 41.3. The predicted molar refractivity (Wildman–Crippen MR) is 134 cm³/mol. The number of hydrogen-bond acceptors (Lipinski definition) is 6. The maximum absolute atomic E-state index is 13.8. The van der Waals surface area contributed by atoms with Crippen LogP contribution in [-0.2, 0) is 5.60 Å². The van der Waals surface area contributed by atoms with E-state index in [9.17, 15) is 28.2 Å². The monoisotopic (exact) mass is 540 g/mol. The molecule has 11 heteroatoms. The lowest BCUT2D eigenvalue weighted by Crippen LogP contribution is -2.57. The van der Waals surface area contributed by atoms with Crippen LogP contribution in [0.25, 0.3) is 0 Å². The van der Waals surface area contributed by atoms with Crippen molar-refractivity contribution in [1.29, 1.82) is 0 Å². The van der Waals surface area contributed by atoms with Gasteiger partial charge in [0, 0.05) is 33.7 Å². The molecular formula is C26H32ClF3N4O3. The molecule has 37 heavy (non-hydrogen) atoms. The van der Waals surface area contributed by atoms with Crippen LogP contribution in [0, 0.1) is 17.8 Å². The zero-order valence-corrected chi connectivity index (χ0v) is 21.5. The van der Waals surface area contributed by atoms with Crippen LogP contribution in [0.2, 0.25) is 5.15 Å². The van der Waals surface area contributed by atoms with Crippen LogP contribution >= 0.6 is 11.6 Å². The van der Waals surface area contributed by atoms with E-state index >= 15 is 0 Å². The number of halogens is 4. The van der Waals surface area contributed by atoms with Gasteiger partial charge in [0.1, 0.15) is 17.2 Å². The van der Waals surface area contributed by atoms with Crippen LogP contribution in [0.1, 0.15) is 35.2 Å². The molecule has 3 N–H and O–H groups in total. The van der Waals surface area contributed by atoms with Crippen LogP contribution in [0.15, 0.2) is 42.5 Å². The molecule has 1 saturated heterocycles. The number of nitrogens with zero attached hydrogens (tertiary/aromatic N) is 3. The van der Waals surface area contributed by atoms with E-state index in [0.717, 1.165) is 44.5 Å². The number of hydrogen-bond donors (Lipinski definition) is 3. The lowest BCUT2D eigenvalue weighted by Gasteiger charge is -2.35. The summed E-state index contributed by atoms with van der Waals surface area (Å²) in [5.74, 6) is 1.42. The highest BCUT2D eigenvalue weighted by Gasteiger charge is 2.60. The van der Waals surface area contributed by atoms with E-state index in [1.54, 1.807) is 32.3 Å². The molecule has 1 saturated carbocycles. The summed E-state index contributed by atoms with van der Waals surface area (Å²) in [6.07, 6.45) is -4.57. The van der Waals surface area contributed by atoms with Crippen LogP contribution in [0.3, 0.4) is 0 Å². The van der Waals surface area contributed by atoms with E-state index in [1.807, 2.05) is 0 Å². The number of amides is 1. The number of nitrogens with one attached hydrogen (secondary N) is 1. The Morgan fingerprint density at radius 2 is 1.84 bits per heavy atom. The number of benzene rings is 1. The Hall–Kier alpha value is -2.40. The number of piperidine rings is 1. The molecule has 0 spiro atoms. The highest BCUT2D eigenvalue weighted by atomic mass is 35.5. The smallest absolute Gasteiger partial charge is 0.375 e. The molecule has 1 aromatic heterocycles. The van der Waals surface area contributed by atoms with Crippen molar-refractivity contribution >= 4 is 23.3 Å². The van der Waals surface area contributed by atoms with Crippen LogP contribution in [-0.4, -0.2) is 72.1 Å². The zero-order chi connectivity index (χ0) is 27.0. The number of aliphatic hydroxyl groups is 2. The van der Waals surface area contributed by atoms with Gasteiger partial charge in [0.05, 0.1) is 5.56 Å². The Morgan fingerprint density at radius 3 is 2.41 bits per heavy atom. The zero-order valence-electron chi connectivity index (χ0n) is 20.7. The van der Waals surface area contributed by atoms with Gasteiger partial charge in [-0.15, -0.1) is 0 Å². The Balaban J connectivity index is 1.29. The quantitative estimate of drug-likeness (QED) is 0.350. The Morgan fingerprint density at radius 1 is 1.19 bits per heavy atom. The molecule has 7 nitrogen and oxygen atoms in total. The molecule has 1 amide bonds. The summed E-state index contributed by atoms with van der Waals surface area (Å²) in [5, 5.41) is 23.6. The van der Waals surface area contributed by atoms with Gasteiger partial charge in [-0.1, -0.05) is 41.9 Å². The Bertz CT molecular complexity index is 1100. The molecule has 1 aliphatic carbocycles. The summed E-state index contributed by atoms with van der Waals surface area (Å²) in [5.41, 5.74) is -3.45. The second-order valence-electron chi connectivity index (χ2n) is 10.1. The van der Waals surface area contributed by atoms with Gasteiger partial charge >= 0.3 is 6.18 Å². The van der Waals surface area contributed by atoms with Gasteiger partial charge in [-0.3, -0.25) is 10.1 Å². The molecule has 2 fully saturated rings. The second-order valence-corrected chi connectivity index (χ2v) is 10.5. The molecule has 2 aromatic rings. The number of pyridine rings is 1. The topological polar surface area (TPSA) is 88.9 Å². The number of rotatable bonds is 8. The minimum atomic E-state index is -5.05. The molecule has 2 unspecified atom stereocenters.